The van der Waals surface area contributed by atoms with Crippen molar-refractivity contribution in [3.05, 3.63) is 29.3 Å². The van der Waals surface area contributed by atoms with Gasteiger partial charge in [0.1, 0.15) is 0 Å². The summed E-state index contributed by atoms with van der Waals surface area (Å²) in [6.07, 6.45) is -0.0335. The molecule has 1 atom stereocenters. The summed E-state index contributed by atoms with van der Waals surface area (Å²) < 4.78 is 0. The summed E-state index contributed by atoms with van der Waals surface area (Å²) in [6, 6.07) is 5.36. The Kier molecular flexibility index (Phi) is 5.80. The minimum Gasteiger partial charge on any atom is -0.481 e. The van der Waals surface area contributed by atoms with Crippen LogP contribution in [0.4, 0.5) is 5.69 Å². The van der Waals surface area contributed by atoms with Crippen LogP contribution >= 0.6 is 11.6 Å². The van der Waals surface area contributed by atoms with Gasteiger partial charge >= 0.3 is 5.97 Å². The number of hydroxylamine groups is 1. The van der Waals surface area contributed by atoms with E-state index in [9.17, 15) is 10.0 Å². The molecule has 1 unspecified atom stereocenters. The number of aryl methyl sites for hydroxylation is 1. The van der Waals surface area contributed by atoms with Crippen LogP contribution in [0.25, 0.3) is 0 Å². The van der Waals surface area contributed by atoms with Gasteiger partial charge in [0.25, 0.3) is 0 Å². The van der Waals surface area contributed by atoms with E-state index in [0.717, 1.165) is 16.2 Å². The first kappa shape index (κ1) is 16.8. The summed E-state index contributed by atoms with van der Waals surface area (Å²) in [7, 11) is 0. The minimum atomic E-state index is -0.882. The number of anilines is 1. The molecule has 0 spiro atoms. The number of hydrogen-bond acceptors (Lipinski definition) is 4. The predicted octanol–water partition coefficient (Wildman–Crippen LogP) is 2.12. The molecular weight excluding hydrogens is 280 g/mol. The predicted molar refractivity (Wildman–Crippen MR) is 79.7 cm³/mol. The second-order valence-corrected chi connectivity index (χ2v) is 5.52. The normalized spacial score (nSPS) is 13.8. The fourth-order valence-electron chi connectivity index (χ4n) is 2.31. The monoisotopic (exact) mass is 300 g/mol. The molecule has 0 radical (unpaired) electrons. The molecule has 1 aromatic rings. The topological polar surface area (TPSA) is 86.8 Å². The highest BCUT2D eigenvalue weighted by molar-refractivity contribution is 6.18. The van der Waals surface area contributed by atoms with Crippen LogP contribution < -0.4 is 10.8 Å². The lowest BCUT2D eigenvalue weighted by Crippen LogP contribution is -2.35. The van der Waals surface area contributed by atoms with Gasteiger partial charge < -0.3 is 10.8 Å². The lowest BCUT2D eigenvalue weighted by Gasteiger charge is -2.29. The molecule has 0 heterocycles. The molecule has 0 fully saturated rings. The van der Waals surface area contributed by atoms with Crippen LogP contribution in [-0.4, -0.2) is 35.3 Å². The zero-order valence-corrected chi connectivity index (χ0v) is 12.5. The summed E-state index contributed by atoms with van der Waals surface area (Å²) in [5.41, 5.74) is 7.54. The number of aliphatic carboxylic acids is 1. The van der Waals surface area contributed by atoms with Crippen molar-refractivity contribution < 1.29 is 15.1 Å². The molecule has 0 aliphatic rings. The molecule has 4 N–H and O–H groups in total. The van der Waals surface area contributed by atoms with Crippen molar-refractivity contribution in [1.82, 2.24) is 0 Å². The number of benzene rings is 1. The maximum atomic E-state index is 11.0. The Labute approximate surface area is 123 Å². The number of nitrogens with zero attached hydrogens (tertiary/aromatic N) is 1. The highest BCUT2D eigenvalue weighted by Crippen LogP contribution is 2.31. The fourth-order valence-corrected chi connectivity index (χ4v) is 2.47. The van der Waals surface area contributed by atoms with Crippen LogP contribution in [0.2, 0.25) is 0 Å². The molecule has 1 rings (SSSR count). The molecule has 6 heteroatoms. The van der Waals surface area contributed by atoms with Gasteiger partial charge in [0.2, 0.25) is 0 Å². The van der Waals surface area contributed by atoms with E-state index in [4.69, 9.17) is 22.4 Å². The Morgan fingerprint density at radius 1 is 1.50 bits per heavy atom. The largest absolute Gasteiger partial charge is 0.481 e. The van der Waals surface area contributed by atoms with Crippen molar-refractivity contribution in [3.8, 4) is 0 Å². The molecule has 0 aliphatic carbocycles. The van der Waals surface area contributed by atoms with Gasteiger partial charge in [-0.1, -0.05) is 13.0 Å². The number of halogens is 1. The Hall–Kier alpha value is -1.30. The van der Waals surface area contributed by atoms with Crippen molar-refractivity contribution in [2.75, 3.05) is 24.0 Å². The standard InChI is InChI=1S/C14H21ClN2O3/c1-10-7-11(17(20)6-5-15)3-4-12(10)14(2,9-16)8-13(18)19/h3-4,7,20H,5-6,8-9,16H2,1-2H3,(H,18,19). The average molecular weight is 301 g/mol. The third-order valence-corrected chi connectivity index (χ3v) is 3.62. The Morgan fingerprint density at radius 2 is 2.15 bits per heavy atom. The van der Waals surface area contributed by atoms with Crippen LogP contribution in [0.1, 0.15) is 24.5 Å². The van der Waals surface area contributed by atoms with E-state index < -0.39 is 11.4 Å². The van der Waals surface area contributed by atoms with E-state index in [0.29, 0.717) is 18.1 Å². The minimum absolute atomic E-state index is 0.0335. The second kappa shape index (κ2) is 6.92. The zero-order valence-electron chi connectivity index (χ0n) is 11.8. The van der Waals surface area contributed by atoms with E-state index in [1.807, 2.05) is 19.9 Å². The number of carboxylic acids is 1. The van der Waals surface area contributed by atoms with Gasteiger partial charge in [0.05, 0.1) is 18.7 Å². The highest BCUT2D eigenvalue weighted by Gasteiger charge is 2.29. The molecule has 5 nitrogen and oxygen atoms in total. The van der Waals surface area contributed by atoms with E-state index in [2.05, 4.69) is 0 Å². The molecule has 1 aromatic carbocycles. The van der Waals surface area contributed by atoms with Gasteiger partial charge in [0.15, 0.2) is 0 Å². The van der Waals surface area contributed by atoms with E-state index in [1.54, 1.807) is 12.1 Å². The summed E-state index contributed by atoms with van der Waals surface area (Å²) in [6.45, 7) is 4.27. The molecule has 0 aliphatic heterocycles. The fraction of sp³-hybridized carbons (Fsp3) is 0.500. The molecule has 0 saturated carbocycles. The maximum Gasteiger partial charge on any atom is 0.304 e. The number of hydrogen-bond donors (Lipinski definition) is 3. The molecule has 0 bridgehead atoms. The quantitative estimate of drug-likeness (QED) is 0.530. The molecule has 20 heavy (non-hydrogen) atoms. The summed E-state index contributed by atoms with van der Waals surface area (Å²) in [5.74, 6) is -0.566. The summed E-state index contributed by atoms with van der Waals surface area (Å²) in [4.78, 5) is 11.0. The van der Waals surface area contributed by atoms with Crippen LogP contribution in [-0.2, 0) is 10.2 Å². The molecule has 0 saturated heterocycles. The van der Waals surface area contributed by atoms with Crippen molar-refractivity contribution in [1.29, 1.82) is 0 Å². The van der Waals surface area contributed by atoms with Crippen LogP contribution in [0.3, 0.4) is 0 Å². The van der Waals surface area contributed by atoms with Gasteiger partial charge in [-0.15, -0.1) is 11.6 Å². The SMILES string of the molecule is Cc1cc(N(O)CCCl)ccc1C(C)(CN)CC(=O)O. The Morgan fingerprint density at radius 3 is 2.60 bits per heavy atom. The average Bonchev–Trinajstić information content (AvgIpc) is 2.37. The molecule has 112 valence electrons. The third-order valence-electron chi connectivity index (χ3n) is 3.45. The Bertz CT molecular complexity index is 481. The van der Waals surface area contributed by atoms with E-state index in [1.165, 1.54) is 0 Å². The first-order valence-corrected chi connectivity index (χ1v) is 6.93. The van der Waals surface area contributed by atoms with Crippen LogP contribution in [0.15, 0.2) is 18.2 Å². The molecule has 0 amide bonds. The van der Waals surface area contributed by atoms with Crippen LogP contribution in [0, 0.1) is 6.92 Å². The number of carboxylic acid groups (broad SMARTS) is 1. The summed E-state index contributed by atoms with van der Waals surface area (Å²) >= 11 is 5.59. The summed E-state index contributed by atoms with van der Waals surface area (Å²) in [5, 5.41) is 19.9. The van der Waals surface area contributed by atoms with E-state index in [-0.39, 0.29) is 13.0 Å². The second-order valence-electron chi connectivity index (χ2n) is 5.15. The van der Waals surface area contributed by atoms with Crippen molar-refractivity contribution in [3.63, 3.8) is 0 Å². The molecule has 0 aromatic heterocycles. The number of carbonyl (C=O) groups is 1. The van der Waals surface area contributed by atoms with Crippen molar-refractivity contribution in [2.45, 2.75) is 25.7 Å². The first-order valence-electron chi connectivity index (χ1n) is 6.39. The lowest BCUT2D eigenvalue weighted by atomic mass is 9.77. The van der Waals surface area contributed by atoms with Gasteiger partial charge in [-0.2, -0.15) is 0 Å². The zero-order chi connectivity index (χ0) is 15.3. The van der Waals surface area contributed by atoms with Crippen molar-refractivity contribution in [2.24, 2.45) is 5.73 Å². The number of rotatable bonds is 7. The Balaban J connectivity index is 3.11. The van der Waals surface area contributed by atoms with Crippen molar-refractivity contribution >= 4 is 23.3 Å². The van der Waals surface area contributed by atoms with E-state index >= 15 is 0 Å². The smallest absolute Gasteiger partial charge is 0.304 e. The first-order chi connectivity index (χ1) is 9.34. The molecular formula is C14H21ClN2O3. The van der Waals surface area contributed by atoms with Gasteiger partial charge in [0, 0.05) is 17.8 Å². The van der Waals surface area contributed by atoms with Gasteiger partial charge in [-0.05, 0) is 30.2 Å². The third kappa shape index (κ3) is 3.85. The number of nitrogens with two attached hydrogens (primary N) is 1. The lowest BCUT2D eigenvalue weighted by molar-refractivity contribution is -0.138. The van der Waals surface area contributed by atoms with Crippen LogP contribution in [0.5, 0.6) is 0 Å². The van der Waals surface area contributed by atoms with Gasteiger partial charge in [-0.3, -0.25) is 15.1 Å². The van der Waals surface area contributed by atoms with Gasteiger partial charge in [-0.25, -0.2) is 0 Å². The highest BCUT2D eigenvalue weighted by atomic mass is 35.5. The maximum absolute atomic E-state index is 11.0. The number of alkyl halides is 1.